The van der Waals surface area contributed by atoms with Crippen molar-refractivity contribution in [2.75, 3.05) is 0 Å². The van der Waals surface area contributed by atoms with Gasteiger partial charge in [0.15, 0.2) is 0 Å². The van der Waals surface area contributed by atoms with Crippen LogP contribution >= 0.6 is 0 Å². The lowest BCUT2D eigenvalue weighted by Gasteiger charge is -2.08. The van der Waals surface area contributed by atoms with Crippen molar-refractivity contribution in [3.8, 4) is 0 Å². The molecule has 0 fully saturated rings. The molecule has 46 valence electrons. The van der Waals surface area contributed by atoms with Gasteiger partial charge in [0.2, 0.25) is 0 Å². The van der Waals surface area contributed by atoms with Crippen LogP contribution in [0.3, 0.4) is 0 Å². The molecular formula is C7H15B. The van der Waals surface area contributed by atoms with Crippen molar-refractivity contribution >= 4 is 7.85 Å². The first kappa shape index (κ1) is 8.06. The van der Waals surface area contributed by atoms with Crippen molar-refractivity contribution < 1.29 is 0 Å². The molecule has 0 saturated carbocycles. The molecule has 0 aromatic rings. The highest BCUT2D eigenvalue weighted by atomic mass is 14.0. The lowest BCUT2D eigenvalue weighted by molar-refractivity contribution is 0.477. The minimum Gasteiger partial charge on any atom is -0.0884 e. The number of rotatable bonds is 4. The van der Waals surface area contributed by atoms with Crippen LogP contribution in [0.1, 0.15) is 33.1 Å². The third-order valence-corrected chi connectivity index (χ3v) is 1.73. The molecule has 0 atom stereocenters. The first-order valence-corrected chi connectivity index (χ1v) is 3.55. The predicted octanol–water partition coefficient (Wildman–Crippen LogP) is 2.40. The fourth-order valence-corrected chi connectivity index (χ4v) is 0.933. The second-order valence-corrected chi connectivity index (χ2v) is 2.26. The molecule has 0 bridgehead atoms. The normalized spacial score (nSPS) is 10.4. The van der Waals surface area contributed by atoms with Crippen molar-refractivity contribution in [1.82, 2.24) is 0 Å². The molecule has 2 radical (unpaired) electrons. The molecule has 0 saturated heterocycles. The molecule has 8 heavy (non-hydrogen) atoms. The highest BCUT2D eigenvalue weighted by Crippen LogP contribution is 2.12. The first-order valence-electron chi connectivity index (χ1n) is 3.55. The Hall–Kier alpha value is 0.0649. The van der Waals surface area contributed by atoms with Crippen molar-refractivity contribution in [3.63, 3.8) is 0 Å². The van der Waals surface area contributed by atoms with E-state index in [0.29, 0.717) is 0 Å². The molecule has 0 aliphatic carbocycles. The van der Waals surface area contributed by atoms with Crippen molar-refractivity contribution in [2.24, 2.45) is 5.92 Å². The number of hydrogen-bond acceptors (Lipinski definition) is 0. The Bertz CT molecular complexity index is 39.7. The van der Waals surface area contributed by atoms with E-state index in [9.17, 15) is 0 Å². The van der Waals surface area contributed by atoms with Gasteiger partial charge in [0.25, 0.3) is 0 Å². The van der Waals surface area contributed by atoms with Crippen LogP contribution < -0.4 is 0 Å². The molecule has 0 aromatic heterocycles. The van der Waals surface area contributed by atoms with Crippen LogP contribution in [0.4, 0.5) is 0 Å². The first-order chi connectivity index (χ1) is 3.85. The second-order valence-electron chi connectivity index (χ2n) is 2.26. The van der Waals surface area contributed by atoms with Crippen LogP contribution in [0, 0.1) is 5.92 Å². The summed E-state index contributed by atoms with van der Waals surface area (Å²) in [5, 5.41) is 0. The molecule has 0 nitrogen and oxygen atoms in total. The quantitative estimate of drug-likeness (QED) is 0.487. The summed E-state index contributed by atoms with van der Waals surface area (Å²) in [5.41, 5.74) is 0. The molecule has 0 amide bonds. The molecular weight excluding hydrogens is 94.9 g/mol. The van der Waals surface area contributed by atoms with E-state index in [2.05, 4.69) is 13.8 Å². The molecule has 0 aliphatic rings. The SMILES string of the molecule is [B]CCC(CC)CC. The van der Waals surface area contributed by atoms with Gasteiger partial charge >= 0.3 is 0 Å². The summed E-state index contributed by atoms with van der Waals surface area (Å²) in [6.07, 6.45) is 4.63. The largest absolute Gasteiger partial charge is 0.0884 e. The van der Waals surface area contributed by atoms with Gasteiger partial charge in [-0.05, 0) is 5.92 Å². The molecule has 0 spiro atoms. The molecule has 0 N–H and O–H groups in total. The topological polar surface area (TPSA) is 0 Å². The third-order valence-electron chi connectivity index (χ3n) is 1.73. The fourth-order valence-electron chi connectivity index (χ4n) is 0.933. The average Bonchev–Trinajstić information content (AvgIpc) is 1.83. The Morgan fingerprint density at radius 3 is 1.88 bits per heavy atom. The maximum absolute atomic E-state index is 5.38. The third kappa shape index (κ3) is 3.12. The lowest BCUT2D eigenvalue weighted by atomic mass is 9.90. The minimum atomic E-state index is 0.854. The van der Waals surface area contributed by atoms with E-state index in [1.807, 2.05) is 0 Å². The summed E-state index contributed by atoms with van der Waals surface area (Å²) in [5.74, 6) is 0.875. The van der Waals surface area contributed by atoms with Crippen molar-refractivity contribution in [2.45, 2.75) is 39.4 Å². The summed E-state index contributed by atoms with van der Waals surface area (Å²) in [6, 6.07) is 0. The van der Waals surface area contributed by atoms with Gasteiger partial charge in [-0.2, -0.15) is 0 Å². The van der Waals surface area contributed by atoms with Gasteiger partial charge in [0.05, 0.1) is 7.85 Å². The highest BCUT2D eigenvalue weighted by molar-refractivity contribution is 6.08. The van der Waals surface area contributed by atoms with Gasteiger partial charge in [0, 0.05) is 0 Å². The van der Waals surface area contributed by atoms with Gasteiger partial charge in [-0.15, -0.1) is 0 Å². The summed E-state index contributed by atoms with van der Waals surface area (Å²) in [4.78, 5) is 0. The Kier molecular flexibility index (Phi) is 5.25. The Labute approximate surface area is 54.1 Å². The Morgan fingerprint density at radius 1 is 1.25 bits per heavy atom. The molecule has 0 unspecified atom stereocenters. The highest BCUT2D eigenvalue weighted by Gasteiger charge is 1.98. The predicted molar refractivity (Wildman–Crippen MR) is 39.2 cm³/mol. The van der Waals surface area contributed by atoms with Crippen molar-refractivity contribution in [3.05, 3.63) is 0 Å². The summed E-state index contributed by atoms with van der Waals surface area (Å²) in [6.45, 7) is 4.45. The van der Waals surface area contributed by atoms with Gasteiger partial charge < -0.3 is 0 Å². The second kappa shape index (κ2) is 5.21. The zero-order valence-corrected chi connectivity index (χ0v) is 5.98. The maximum atomic E-state index is 5.38. The van der Waals surface area contributed by atoms with Crippen LogP contribution in [-0.4, -0.2) is 7.85 Å². The Morgan fingerprint density at radius 2 is 1.75 bits per heavy atom. The van der Waals surface area contributed by atoms with E-state index < -0.39 is 0 Å². The van der Waals surface area contributed by atoms with Gasteiger partial charge in [0.1, 0.15) is 0 Å². The van der Waals surface area contributed by atoms with E-state index in [1.165, 1.54) is 19.3 Å². The fraction of sp³-hybridized carbons (Fsp3) is 1.00. The summed E-state index contributed by atoms with van der Waals surface area (Å²) >= 11 is 0. The van der Waals surface area contributed by atoms with Gasteiger partial charge in [-0.25, -0.2) is 0 Å². The van der Waals surface area contributed by atoms with Crippen molar-refractivity contribution in [1.29, 1.82) is 0 Å². The van der Waals surface area contributed by atoms with E-state index in [1.54, 1.807) is 0 Å². The minimum absolute atomic E-state index is 0.854. The summed E-state index contributed by atoms with van der Waals surface area (Å²) in [7, 11) is 5.38. The molecule has 1 heteroatoms. The molecule has 0 aromatic carbocycles. The van der Waals surface area contributed by atoms with E-state index in [-0.39, 0.29) is 0 Å². The standard InChI is InChI=1S/C7H15B/c1-3-7(4-2)5-6-8/h7H,3-6H2,1-2H3. The van der Waals surface area contributed by atoms with Gasteiger partial charge in [-0.3, -0.25) is 0 Å². The zero-order chi connectivity index (χ0) is 6.41. The molecule has 0 rings (SSSR count). The summed E-state index contributed by atoms with van der Waals surface area (Å²) < 4.78 is 0. The van der Waals surface area contributed by atoms with Crippen LogP contribution in [0.5, 0.6) is 0 Å². The monoisotopic (exact) mass is 110 g/mol. The average molecular weight is 110 g/mol. The van der Waals surface area contributed by atoms with Crippen LogP contribution in [0.15, 0.2) is 0 Å². The zero-order valence-electron chi connectivity index (χ0n) is 5.98. The number of hydrogen-bond donors (Lipinski definition) is 0. The molecule has 0 aliphatic heterocycles. The van der Waals surface area contributed by atoms with Crippen LogP contribution in [0.25, 0.3) is 0 Å². The van der Waals surface area contributed by atoms with E-state index in [0.717, 1.165) is 12.2 Å². The van der Waals surface area contributed by atoms with Gasteiger partial charge in [-0.1, -0.05) is 39.4 Å². The van der Waals surface area contributed by atoms with E-state index >= 15 is 0 Å². The Balaban J connectivity index is 3.07. The van der Waals surface area contributed by atoms with E-state index in [4.69, 9.17) is 7.85 Å². The van der Waals surface area contributed by atoms with Crippen LogP contribution in [0.2, 0.25) is 6.32 Å². The maximum Gasteiger partial charge on any atom is 0.0653 e. The smallest absolute Gasteiger partial charge is 0.0653 e. The lowest BCUT2D eigenvalue weighted by Crippen LogP contribution is -1.94. The van der Waals surface area contributed by atoms with Crippen LogP contribution in [-0.2, 0) is 0 Å². The molecule has 0 heterocycles.